The molecule has 3 aliphatic carbocycles. The molecule has 27 aromatic rings. The van der Waals surface area contributed by atoms with Gasteiger partial charge in [0.15, 0.2) is 5.82 Å². The third-order valence-corrected chi connectivity index (χ3v) is 31.2. The third kappa shape index (κ3) is 13.1. The summed E-state index contributed by atoms with van der Waals surface area (Å²) in [5.41, 5.74) is 33.8. The van der Waals surface area contributed by atoms with Crippen molar-refractivity contribution in [3.63, 3.8) is 0 Å². The Kier molecular flexibility index (Phi) is 19.0. The van der Waals surface area contributed by atoms with E-state index in [-0.39, 0.29) is 16.2 Å². The van der Waals surface area contributed by atoms with Gasteiger partial charge in [-0.1, -0.05) is 424 Å². The smallest absolute Gasteiger partial charge is 0.235 e. The van der Waals surface area contributed by atoms with Crippen molar-refractivity contribution in [2.45, 2.75) is 57.8 Å². The first-order chi connectivity index (χ1) is 70.7. The van der Waals surface area contributed by atoms with Gasteiger partial charge in [0, 0.05) is 99.1 Å². The summed E-state index contributed by atoms with van der Waals surface area (Å²) in [6, 6.07) is 166. The van der Waals surface area contributed by atoms with Gasteiger partial charge in [-0.25, -0.2) is 24.9 Å². The van der Waals surface area contributed by atoms with Crippen LogP contribution in [0.1, 0.15) is 74.9 Å². The highest BCUT2D eigenvalue weighted by Crippen LogP contribution is 2.59. The van der Waals surface area contributed by atoms with Crippen LogP contribution in [0, 0.1) is 0 Å². The lowest BCUT2D eigenvalue weighted by Crippen LogP contribution is -2.23. The molecule has 0 amide bonds. The van der Waals surface area contributed by atoms with Crippen molar-refractivity contribution >= 4 is 130 Å². The fourth-order valence-electron chi connectivity index (χ4n) is 24.4. The van der Waals surface area contributed by atoms with Gasteiger partial charge in [0.2, 0.25) is 5.95 Å². The van der Waals surface area contributed by atoms with E-state index in [1.54, 1.807) is 0 Å². The summed E-state index contributed by atoms with van der Waals surface area (Å²) in [6.07, 6.45) is 0. The van der Waals surface area contributed by atoms with Crippen LogP contribution in [-0.4, -0.2) is 38.6 Å². The zero-order valence-electron chi connectivity index (χ0n) is 80.5. The minimum absolute atomic E-state index is 0.113. The van der Waals surface area contributed by atoms with Crippen molar-refractivity contribution < 1.29 is 0 Å². The predicted octanol–water partition coefficient (Wildman–Crippen LogP) is 35.2. The maximum absolute atomic E-state index is 5.45. The van der Waals surface area contributed by atoms with Crippen molar-refractivity contribution in [2.75, 3.05) is 0 Å². The van der Waals surface area contributed by atoms with Crippen molar-refractivity contribution in [1.82, 2.24) is 38.6 Å². The number of fused-ring (bicyclic) bond motifs is 21. The molecule has 0 N–H and O–H groups in total. The highest BCUT2D eigenvalue weighted by molar-refractivity contribution is 6.30. The molecule has 0 saturated heterocycles. The number of aromatic nitrogens is 8. The summed E-state index contributed by atoms with van der Waals surface area (Å²) in [5.74, 6) is 3.14. The Morgan fingerprint density at radius 2 is 0.444 bits per heavy atom. The lowest BCUT2D eigenvalue weighted by molar-refractivity contribution is 0.645. The highest BCUT2D eigenvalue weighted by Gasteiger charge is 2.40. The van der Waals surface area contributed by atoms with Gasteiger partial charge in [0.25, 0.3) is 0 Å². The Balaban J connectivity index is 0.000000105. The molecule has 0 spiro atoms. The Morgan fingerprint density at radius 3 is 0.812 bits per heavy atom. The van der Waals surface area contributed by atoms with Gasteiger partial charge in [-0.2, -0.15) is 0 Å². The van der Waals surface area contributed by atoms with Crippen molar-refractivity contribution in [1.29, 1.82) is 0 Å². The van der Waals surface area contributed by atoms with Crippen LogP contribution in [0.4, 0.5) is 0 Å². The molecule has 30 rings (SSSR count). The van der Waals surface area contributed by atoms with E-state index in [2.05, 4.69) is 480 Å². The molecule has 0 fully saturated rings. The van der Waals surface area contributed by atoms with Crippen LogP contribution in [0.25, 0.3) is 249 Å². The maximum Gasteiger partial charge on any atom is 0.235 e. The van der Waals surface area contributed by atoms with Gasteiger partial charge >= 0.3 is 0 Å². The second-order valence-corrected chi connectivity index (χ2v) is 40.5. The largest absolute Gasteiger partial charge is 0.294 e. The first-order valence-electron chi connectivity index (χ1n) is 49.9. The maximum atomic E-state index is 5.45. The number of hydrogen-bond acceptors (Lipinski definition) is 5. The molecular formula is C136H94N8. The topological polar surface area (TPSA) is 79.2 Å². The SMILES string of the molecule is CC1(C)c2ccccc2-c2c3c1cccc3cc1c2c2cc3ccccc3cc2n1-c1cc(-c2ccccc2)cc(-c2ccccc2)n1.CC1(C)c2ccccc2-c2c3c1cccc3cc1c2c2cc3ccccc3cc2n1-c1cc(-c2ccccc2)nc(-c2ccccc2)n1.CC1(C)c2ccccc2-c2c3c1cccc3cc1c2c2cc3ccccc3cc2n1-c1nc(-c2ccccc2)cc(-c2ccccc2)n1. The van der Waals surface area contributed by atoms with Crippen molar-refractivity contribution in [3.8, 4) is 119 Å². The Morgan fingerprint density at radius 1 is 0.174 bits per heavy atom. The number of pyridine rings is 1. The molecule has 0 atom stereocenters. The van der Waals surface area contributed by atoms with Crippen LogP contribution < -0.4 is 0 Å². The number of benzene rings is 21. The summed E-state index contributed by atoms with van der Waals surface area (Å²) in [5, 5.41) is 22.6. The first-order valence-corrected chi connectivity index (χ1v) is 49.9. The third-order valence-electron chi connectivity index (χ3n) is 31.2. The van der Waals surface area contributed by atoms with Gasteiger partial charge in [-0.3, -0.25) is 13.7 Å². The number of rotatable bonds is 9. The van der Waals surface area contributed by atoms with E-state index in [1.807, 2.05) is 36.4 Å². The Bertz CT molecular complexity index is 8950. The Hall–Kier alpha value is -18.1. The van der Waals surface area contributed by atoms with Gasteiger partial charge < -0.3 is 0 Å². The fraction of sp³-hybridized carbons (Fsp3) is 0.0662. The van der Waals surface area contributed by atoms with E-state index in [0.717, 1.165) is 95.4 Å². The van der Waals surface area contributed by atoms with Gasteiger partial charge in [-0.15, -0.1) is 0 Å². The minimum Gasteiger partial charge on any atom is -0.294 e. The lowest BCUT2D eigenvalue weighted by Gasteiger charge is -2.35. The molecule has 8 nitrogen and oxygen atoms in total. The van der Waals surface area contributed by atoms with E-state index < -0.39 is 0 Å². The van der Waals surface area contributed by atoms with Gasteiger partial charge in [-0.05, 0) is 199 Å². The monoisotopic (exact) mass is 1840 g/mol. The van der Waals surface area contributed by atoms with Gasteiger partial charge in [0.05, 0.1) is 55.9 Å². The van der Waals surface area contributed by atoms with Crippen LogP contribution in [-0.2, 0) is 16.2 Å². The fourth-order valence-corrected chi connectivity index (χ4v) is 24.4. The number of nitrogens with zero attached hydrogens (tertiary/aromatic N) is 8. The summed E-state index contributed by atoms with van der Waals surface area (Å²) >= 11 is 0. The van der Waals surface area contributed by atoms with Gasteiger partial charge in [0.1, 0.15) is 11.6 Å². The molecule has 3 aliphatic rings. The summed E-state index contributed by atoms with van der Waals surface area (Å²) in [4.78, 5) is 26.6. The van der Waals surface area contributed by atoms with Crippen molar-refractivity contribution in [2.24, 2.45) is 0 Å². The molecule has 0 unspecified atom stereocenters. The molecule has 6 heterocycles. The van der Waals surface area contributed by atoms with Crippen LogP contribution in [0.15, 0.2) is 461 Å². The van der Waals surface area contributed by atoms with Crippen molar-refractivity contribution in [3.05, 3.63) is 494 Å². The van der Waals surface area contributed by atoms with Crippen LogP contribution >= 0.6 is 0 Å². The second-order valence-electron chi connectivity index (χ2n) is 40.5. The lowest BCUT2D eigenvalue weighted by atomic mass is 9.68. The molecule has 8 heteroatoms. The normalized spacial score (nSPS) is 13.4. The molecule has 0 saturated carbocycles. The average Bonchev–Trinajstić information content (AvgIpc) is 1.49. The average molecular weight is 1840 g/mol. The summed E-state index contributed by atoms with van der Waals surface area (Å²) < 4.78 is 7.10. The molecular weight excluding hydrogens is 1750 g/mol. The van der Waals surface area contributed by atoms with E-state index in [4.69, 9.17) is 24.9 Å². The van der Waals surface area contributed by atoms with E-state index in [9.17, 15) is 0 Å². The zero-order chi connectivity index (χ0) is 96.0. The highest BCUT2D eigenvalue weighted by atomic mass is 15.2. The molecule has 0 radical (unpaired) electrons. The number of hydrogen-bond donors (Lipinski definition) is 0. The molecule has 21 aromatic carbocycles. The summed E-state index contributed by atoms with van der Waals surface area (Å²) in [7, 11) is 0. The second kappa shape index (κ2) is 32.5. The molecule has 6 aromatic heterocycles. The molecule has 0 bridgehead atoms. The van der Waals surface area contributed by atoms with Crippen LogP contribution in [0.5, 0.6) is 0 Å². The zero-order valence-corrected chi connectivity index (χ0v) is 80.5. The minimum atomic E-state index is -0.125. The molecule has 0 aliphatic heterocycles. The standard InChI is InChI=1S/C46H32N2.2C45H31N3/c1-46(2)37-22-12-11-21-35(37)45-43-33(20-13-23-38(43)46)27-41-44(45)36-24-31-18-9-10-19-32(31)26-40(36)48(41)42-28-34(29-14-5-3-6-15-29)25-39(47-42)30-16-7-4-8-17-30;1-45(2)35-22-12-11-21-33(35)43-41-32(20-13-23-36(41)45)26-40-42(43)34-24-30-18-9-10-19-31(30)25-39(34)48(40)44-46-37(28-14-5-3-6-15-28)27-38(47-44)29-16-7-4-8-17-29;1-45(2)35-22-12-11-21-33(35)43-41-32(20-13-23-36(41)45)26-39-42(43)34-24-30-18-9-10-19-31(30)25-38(34)48(39)40-27-37(28-14-5-3-6-15-28)46-44(47-40)29-16-7-4-8-17-29/h3-28H,1-2H3;2*3-27H,1-2H3. The molecule has 144 heavy (non-hydrogen) atoms. The Labute approximate surface area is 833 Å². The predicted molar refractivity (Wildman–Crippen MR) is 602 cm³/mol. The quantitative estimate of drug-likeness (QED) is 0.144. The van der Waals surface area contributed by atoms with Crippen LogP contribution in [0.2, 0.25) is 0 Å². The molecule has 678 valence electrons. The first kappa shape index (κ1) is 84.0. The van der Waals surface area contributed by atoms with E-state index in [0.29, 0.717) is 11.8 Å². The van der Waals surface area contributed by atoms with Crippen LogP contribution in [0.3, 0.4) is 0 Å². The van der Waals surface area contributed by atoms with E-state index >= 15 is 0 Å². The van der Waals surface area contributed by atoms with E-state index in [1.165, 1.54) is 175 Å². The summed E-state index contributed by atoms with van der Waals surface area (Å²) in [6.45, 7) is 14.2.